The van der Waals surface area contributed by atoms with Crippen LogP contribution in [0.25, 0.3) is 0 Å². The minimum absolute atomic E-state index is 0.244. The fourth-order valence-electron chi connectivity index (χ4n) is 1.56. The van der Waals surface area contributed by atoms with Gasteiger partial charge in [-0.2, -0.15) is 0 Å². The molecule has 0 N–H and O–H groups in total. The SMILES string of the molecule is CCC(F)(F)CC1(C=O)CCCO1. The van der Waals surface area contributed by atoms with Crippen molar-refractivity contribution in [2.24, 2.45) is 0 Å². The molecule has 0 saturated carbocycles. The summed E-state index contributed by atoms with van der Waals surface area (Å²) in [7, 11) is 0. The van der Waals surface area contributed by atoms with E-state index >= 15 is 0 Å². The Kier molecular flexibility index (Phi) is 3.01. The predicted octanol–water partition coefficient (Wildman–Crippen LogP) is 2.17. The van der Waals surface area contributed by atoms with Crippen LogP contribution in [0.3, 0.4) is 0 Å². The highest BCUT2D eigenvalue weighted by Gasteiger charge is 2.44. The van der Waals surface area contributed by atoms with Gasteiger partial charge >= 0.3 is 0 Å². The molecule has 0 radical (unpaired) electrons. The lowest BCUT2D eigenvalue weighted by Gasteiger charge is -2.26. The summed E-state index contributed by atoms with van der Waals surface area (Å²) in [5.41, 5.74) is -1.21. The first-order chi connectivity index (χ1) is 6.04. The molecule has 13 heavy (non-hydrogen) atoms. The van der Waals surface area contributed by atoms with Gasteiger partial charge in [0.2, 0.25) is 0 Å². The van der Waals surface area contributed by atoms with Crippen molar-refractivity contribution in [1.82, 2.24) is 0 Å². The van der Waals surface area contributed by atoms with Crippen LogP contribution in [-0.4, -0.2) is 24.4 Å². The summed E-state index contributed by atoms with van der Waals surface area (Å²) in [5, 5.41) is 0. The van der Waals surface area contributed by atoms with E-state index in [1.165, 1.54) is 6.92 Å². The molecule has 0 aromatic heterocycles. The second-order valence-corrected chi connectivity index (χ2v) is 3.52. The van der Waals surface area contributed by atoms with Gasteiger partial charge in [-0.25, -0.2) is 8.78 Å². The highest BCUT2D eigenvalue weighted by atomic mass is 19.3. The van der Waals surface area contributed by atoms with Gasteiger partial charge in [0.05, 0.1) is 0 Å². The van der Waals surface area contributed by atoms with Gasteiger partial charge in [-0.15, -0.1) is 0 Å². The van der Waals surface area contributed by atoms with Crippen molar-refractivity contribution in [3.63, 3.8) is 0 Å². The Labute approximate surface area is 76.3 Å². The van der Waals surface area contributed by atoms with Gasteiger partial charge in [0.1, 0.15) is 5.60 Å². The Morgan fingerprint density at radius 3 is 2.69 bits per heavy atom. The molecule has 0 amide bonds. The van der Waals surface area contributed by atoms with Crippen molar-refractivity contribution in [2.75, 3.05) is 6.61 Å². The molecule has 0 spiro atoms. The molecule has 1 aliphatic heterocycles. The monoisotopic (exact) mass is 192 g/mol. The topological polar surface area (TPSA) is 26.3 Å². The van der Waals surface area contributed by atoms with E-state index in [1.54, 1.807) is 0 Å². The van der Waals surface area contributed by atoms with Gasteiger partial charge in [-0.3, -0.25) is 0 Å². The third kappa shape index (κ3) is 2.46. The number of alkyl halides is 2. The lowest BCUT2D eigenvalue weighted by molar-refractivity contribution is -0.139. The molecule has 1 rings (SSSR count). The molecule has 0 aliphatic carbocycles. The van der Waals surface area contributed by atoms with Crippen molar-refractivity contribution in [1.29, 1.82) is 0 Å². The molecule has 0 aromatic carbocycles. The van der Waals surface area contributed by atoms with E-state index in [0.29, 0.717) is 25.7 Å². The number of halogens is 2. The molecule has 2 nitrogen and oxygen atoms in total. The van der Waals surface area contributed by atoms with E-state index in [1.807, 2.05) is 0 Å². The number of rotatable bonds is 4. The first kappa shape index (κ1) is 10.6. The van der Waals surface area contributed by atoms with Crippen LogP contribution < -0.4 is 0 Å². The first-order valence-electron chi connectivity index (χ1n) is 4.52. The van der Waals surface area contributed by atoms with E-state index < -0.39 is 17.9 Å². The summed E-state index contributed by atoms with van der Waals surface area (Å²) in [6.45, 7) is 1.83. The number of carbonyl (C=O) groups excluding carboxylic acids is 1. The van der Waals surface area contributed by atoms with E-state index in [0.717, 1.165) is 0 Å². The van der Waals surface area contributed by atoms with E-state index in [-0.39, 0.29) is 6.42 Å². The summed E-state index contributed by atoms with van der Waals surface area (Å²) >= 11 is 0. The van der Waals surface area contributed by atoms with Gasteiger partial charge in [-0.05, 0) is 12.8 Å². The van der Waals surface area contributed by atoms with Crippen molar-refractivity contribution in [2.45, 2.75) is 44.1 Å². The fourth-order valence-corrected chi connectivity index (χ4v) is 1.56. The van der Waals surface area contributed by atoms with Crippen LogP contribution in [0.4, 0.5) is 8.78 Å². The van der Waals surface area contributed by atoms with Gasteiger partial charge in [0.25, 0.3) is 5.92 Å². The standard InChI is InChI=1S/C9H14F2O2/c1-2-9(10,11)6-8(7-12)4-3-5-13-8/h7H,2-6H2,1H3. The molecular formula is C9H14F2O2. The normalized spacial score (nSPS) is 29.2. The Hall–Kier alpha value is -0.510. The molecule has 76 valence electrons. The summed E-state index contributed by atoms with van der Waals surface area (Å²) in [5.74, 6) is -2.79. The highest BCUT2D eigenvalue weighted by Crippen LogP contribution is 2.36. The van der Waals surface area contributed by atoms with Crippen LogP contribution in [0.5, 0.6) is 0 Å². The molecule has 1 aliphatic rings. The van der Waals surface area contributed by atoms with E-state index in [9.17, 15) is 13.6 Å². The summed E-state index contributed by atoms with van der Waals surface area (Å²) in [6.07, 6.45) is 0.931. The smallest absolute Gasteiger partial charge is 0.251 e. The molecule has 1 saturated heterocycles. The van der Waals surface area contributed by atoms with E-state index in [2.05, 4.69) is 0 Å². The lowest BCUT2D eigenvalue weighted by Crippen LogP contribution is -2.37. The molecule has 4 heteroatoms. The molecule has 0 bridgehead atoms. The molecule has 1 atom stereocenters. The minimum atomic E-state index is -2.79. The minimum Gasteiger partial charge on any atom is -0.367 e. The number of carbonyl (C=O) groups is 1. The van der Waals surface area contributed by atoms with Crippen LogP contribution in [-0.2, 0) is 9.53 Å². The largest absolute Gasteiger partial charge is 0.367 e. The zero-order valence-corrected chi connectivity index (χ0v) is 7.69. The van der Waals surface area contributed by atoms with Crippen molar-refractivity contribution in [3.8, 4) is 0 Å². The van der Waals surface area contributed by atoms with Crippen LogP contribution in [0.1, 0.15) is 32.6 Å². The average Bonchev–Trinajstić information content (AvgIpc) is 2.53. The Morgan fingerprint density at radius 1 is 1.62 bits per heavy atom. The van der Waals surface area contributed by atoms with Crippen molar-refractivity contribution >= 4 is 6.29 Å². The summed E-state index contributed by atoms with van der Waals surface area (Å²) in [6, 6.07) is 0. The maximum atomic E-state index is 13.0. The van der Waals surface area contributed by atoms with Crippen LogP contribution in [0.2, 0.25) is 0 Å². The van der Waals surface area contributed by atoms with Crippen LogP contribution in [0.15, 0.2) is 0 Å². The van der Waals surface area contributed by atoms with Crippen molar-refractivity contribution in [3.05, 3.63) is 0 Å². The zero-order valence-electron chi connectivity index (χ0n) is 7.69. The van der Waals surface area contributed by atoms with Gasteiger partial charge in [0.15, 0.2) is 6.29 Å². The predicted molar refractivity (Wildman–Crippen MR) is 43.8 cm³/mol. The quantitative estimate of drug-likeness (QED) is 0.638. The Morgan fingerprint density at radius 2 is 2.31 bits per heavy atom. The third-order valence-corrected chi connectivity index (χ3v) is 2.42. The second-order valence-electron chi connectivity index (χ2n) is 3.52. The van der Waals surface area contributed by atoms with Crippen LogP contribution in [0, 0.1) is 0 Å². The number of hydrogen-bond acceptors (Lipinski definition) is 2. The van der Waals surface area contributed by atoms with E-state index in [4.69, 9.17) is 4.74 Å². The second kappa shape index (κ2) is 3.70. The molecule has 0 aromatic rings. The lowest BCUT2D eigenvalue weighted by atomic mass is 9.93. The third-order valence-electron chi connectivity index (χ3n) is 2.42. The molecule has 1 fully saturated rings. The molecule has 1 unspecified atom stereocenters. The fraction of sp³-hybridized carbons (Fsp3) is 0.889. The number of aldehydes is 1. The maximum Gasteiger partial charge on any atom is 0.251 e. The molecular weight excluding hydrogens is 178 g/mol. The van der Waals surface area contributed by atoms with Gasteiger partial charge in [0, 0.05) is 19.4 Å². The highest BCUT2D eigenvalue weighted by molar-refractivity contribution is 5.63. The first-order valence-corrected chi connectivity index (χ1v) is 4.52. The van der Waals surface area contributed by atoms with Gasteiger partial charge < -0.3 is 9.53 Å². The molecule has 1 heterocycles. The number of hydrogen-bond donors (Lipinski definition) is 0. The number of ether oxygens (including phenoxy) is 1. The Bertz CT molecular complexity index is 186. The summed E-state index contributed by atoms with van der Waals surface area (Å²) < 4.78 is 31.1. The summed E-state index contributed by atoms with van der Waals surface area (Å²) in [4.78, 5) is 10.7. The van der Waals surface area contributed by atoms with Gasteiger partial charge in [-0.1, -0.05) is 6.92 Å². The Balaban J connectivity index is 2.63. The average molecular weight is 192 g/mol. The van der Waals surface area contributed by atoms with Crippen LogP contribution >= 0.6 is 0 Å². The van der Waals surface area contributed by atoms with Crippen molar-refractivity contribution < 1.29 is 18.3 Å². The maximum absolute atomic E-state index is 13.0. The zero-order chi connectivity index (χ0) is 9.95.